The Kier molecular flexibility index (Phi) is 6.17. The summed E-state index contributed by atoms with van der Waals surface area (Å²) >= 11 is 0. The summed E-state index contributed by atoms with van der Waals surface area (Å²) in [4.78, 5) is 16.6. The number of pyridine rings is 1. The number of rotatable bonds is 3. The van der Waals surface area contributed by atoms with Crippen LogP contribution < -0.4 is 11.1 Å². The number of carbonyl (C=O) groups excluding carboxylic acids is 1. The Bertz CT molecular complexity index is 652. The zero-order valence-electron chi connectivity index (χ0n) is 12.4. The summed E-state index contributed by atoms with van der Waals surface area (Å²) in [5, 5.41) is 10.9. The number of hydrogen-bond acceptors (Lipinski definition) is 4. The van der Waals surface area contributed by atoms with E-state index < -0.39 is 0 Å². The highest BCUT2D eigenvalue weighted by atomic mass is 35.5. The Morgan fingerprint density at radius 1 is 1.41 bits per heavy atom. The van der Waals surface area contributed by atoms with Crippen LogP contribution in [0, 0.1) is 6.92 Å². The maximum absolute atomic E-state index is 12.4. The van der Waals surface area contributed by atoms with Gasteiger partial charge in [0.15, 0.2) is 5.65 Å². The number of nitrogens with two attached hydrogens (primary N) is 1. The Morgan fingerprint density at radius 2 is 2.09 bits per heavy atom. The Hall–Kier alpha value is -1.37. The van der Waals surface area contributed by atoms with Crippen molar-refractivity contribution in [1.82, 2.24) is 20.5 Å². The van der Waals surface area contributed by atoms with Crippen LogP contribution >= 0.6 is 24.8 Å². The fourth-order valence-electron chi connectivity index (χ4n) is 2.89. The molecule has 0 aromatic carbocycles. The van der Waals surface area contributed by atoms with Crippen molar-refractivity contribution in [2.24, 2.45) is 5.73 Å². The molecule has 122 valence electrons. The molecule has 8 heteroatoms. The summed E-state index contributed by atoms with van der Waals surface area (Å²) in [6.45, 7) is 2.40. The molecule has 0 bridgehead atoms. The number of nitrogens with zero attached hydrogens (tertiary/aromatic N) is 2. The lowest BCUT2D eigenvalue weighted by Gasteiger charge is -2.28. The van der Waals surface area contributed by atoms with E-state index in [1.165, 1.54) is 0 Å². The summed E-state index contributed by atoms with van der Waals surface area (Å²) < 4.78 is 0. The molecule has 0 spiro atoms. The number of amides is 1. The lowest BCUT2D eigenvalue weighted by Crippen LogP contribution is -2.51. The van der Waals surface area contributed by atoms with Crippen LogP contribution in [0.1, 0.15) is 41.7 Å². The van der Waals surface area contributed by atoms with Crippen LogP contribution in [0.2, 0.25) is 0 Å². The molecule has 0 radical (unpaired) electrons. The molecule has 1 amide bonds. The van der Waals surface area contributed by atoms with Crippen molar-refractivity contribution < 1.29 is 4.79 Å². The van der Waals surface area contributed by atoms with Gasteiger partial charge in [0.2, 0.25) is 0 Å². The Morgan fingerprint density at radius 3 is 2.73 bits per heavy atom. The average molecular weight is 346 g/mol. The summed E-state index contributed by atoms with van der Waals surface area (Å²) in [5.74, 6) is -0.104. The van der Waals surface area contributed by atoms with E-state index in [1.807, 2.05) is 13.0 Å². The highest BCUT2D eigenvalue weighted by Crippen LogP contribution is 2.29. The minimum Gasteiger partial charge on any atom is -0.345 e. The smallest absolute Gasteiger partial charge is 0.253 e. The number of halogens is 2. The first-order valence-electron chi connectivity index (χ1n) is 6.97. The number of fused-ring (bicyclic) bond motifs is 1. The molecule has 4 N–H and O–H groups in total. The van der Waals surface area contributed by atoms with Gasteiger partial charge in [-0.2, -0.15) is 5.10 Å². The Labute approximate surface area is 141 Å². The molecule has 2 aromatic rings. The van der Waals surface area contributed by atoms with Gasteiger partial charge in [-0.25, -0.2) is 4.98 Å². The lowest BCUT2D eigenvalue weighted by molar-refractivity contribution is 0.0903. The van der Waals surface area contributed by atoms with E-state index in [1.54, 1.807) is 6.20 Å². The normalized spacial score (nSPS) is 15.9. The lowest BCUT2D eigenvalue weighted by atomic mass is 9.97. The molecule has 1 fully saturated rings. The van der Waals surface area contributed by atoms with Crippen molar-refractivity contribution >= 4 is 41.8 Å². The van der Waals surface area contributed by atoms with Crippen molar-refractivity contribution in [3.63, 3.8) is 0 Å². The van der Waals surface area contributed by atoms with Crippen LogP contribution in [0.5, 0.6) is 0 Å². The third kappa shape index (κ3) is 3.34. The summed E-state index contributed by atoms with van der Waals surface area (Å²) in [5.41, 5.74) is 7.71. The van der Waals surface area contributed by atoms with Crippen LogP contribution in [0.4, 0.5) is 0 Å². The standard InChI is InChI=1S/C14H19N5O.2ClH/c1-9-11-6-10(7-16-12(11)19-18-9)13(20)17-14(8-15)4-2-3-5-14;;/h6-7H,2-5,8,15H2,1H3,(H,17,20)(H,16,18,19);2*1H. The van der Waals surface area contributed by atoms with Crippen molar-refractivity contribution in [2.75, 3.05) is 6.54 Å². The van der Waals surface area contributed by atoms with Crippen LogP contribution in [0.25, 0.3) is 11.0 Å². The third-order valence-corrected chi connectivity index (χ3v) is 4.19. The second kappa shape index (κ2) is 7.26. The topological polar surface area (TPSA) is 96.7 Å². The van der Waals surface area contributed by atoms with Gasteiger partial charge in [0, 0.05) is 23.8 Å². The molecule has 1 saturated carbocycles. The van der Waals surface area contributed by atoms with Gasteiger partial charge in [-0.3, -0.25) is 9.89 Å². The van der Waals surface area contributed by atoms with Crippen molar-refractivity contribution in [3.05, 3.63) is 23.5 Å². The molecule has 3 rings (SSSR count). The van der Waals surface area contributed by atoms with Gasteiger partial charge >= 0.3 is 0 Å². The highest BCUT2D eigenvalue weighted by Gasteiger charge is 2.34. The maximum Gasteiger partial charge on any atom is 0.253 e. The van der Waals surface area contributed by atoms with Gasteiger partial charge in [0.1, 0.15) is 0 Å². The van der Waals surface area contributed by atoms with Crippen LogP contribution in [0.3, 0.4) is 0 Å². The molecule has 0 unspecified atom stereocenters. The Balaban J connectivity index is 0.00000121. The first-order chi connectivity index (χ1) is 9.63. The molecule has 22 heavy (non-hydrogen) atoms. The van der Waals surface area contributed by atoms with Crippen molar-refractivity contribution in [2.45, 2.75) is 38.1 Å². The number of aryl methyl sites for hydroxylation is 1. The molecule has 0 atom stereocenters. The van der Waals surface area contributed by atoms with Gasteiger partial charge in [-0.15, -0.1) is 24.8 Å². The van der Waals surface area contributed by atoms with Gasteiger partial charge in [-0.1, -0.05) is 12.8 Å². The van der Waals surface area contributed by atoms with Crippen LogP contribution in [-0.2, 0) is 0 Å². The fourth-order valence-corrected chi connectivity index (χ4v) is 2.89. The summed E-state index contributed by atoms with van der Waals surface area (Å²) in [6.07, 6.45) is 5.72. The zero-order chi connectivity index (χ0) is 14.2. The average Bonchev–Trinajstić information content (AvgIpc) is 3.07. The van der Waals surface area contributed by atoms with Gasteiger partial charge < -0.3 is 11.1 Å². The van der Waals surface area contributed by atoms with E-state index in [-0.39, 0.29) is 36.3 Å². The van der Waals surface area contributed by atoms with Gasteiger partial charge in [-0.05, 0) is 25.8 Å². The predicted molar refractivity (Wildman–Crippen MR) is 90.8 cm³/mol. The number of aromatic amines is 1. The van der Waals surface area contributed by atoms with E-state index in [0.717, 1.165) is 36.8 Å². The number of carbonyl (C=O) groups is 1. The molecule has 0 saturated heterocycles. The largest absolute Gasteiger partial charge is 0.345 e. The van der Waals surface area contributed by atoms with Crippen molar-refractivity contribution in [3.8, 4) is 0 Å². The molecule has 2 heterocycles. The van der Waals surface area contributed by atoms with Crippen LogP contribution in [-0.4, -0.2) is 33.2 Å². The summed E-state index contributed by atoms with van der Waals surface area (Å²) in [7, 11) is 0. The zero-order valence-corrected chi connectivity index (χ0v) is 14.0. The highest BCUT2D eigenvalue weighted by molar-refractivity contribution is 5.97. The van der Waals surface area contributed by atoms with E-state index in [0.29, 0.717) is 17.8 Å². The first-order valence-corrected chi connectivity index (χ1v) is 6.97. The van der Waals surface area contributed by atoms with E-state index in [2.05, 4.69) is 20.5 Å². The van der Waals surface area contributed by atoms with E-state index >= 15 is 0 Å². The number of nitrogens with one attached hydrogen (secondary N) is 2. The van der Waals surface area contributed by atoms with Gasteiger partial charge in [0.25, 0.3) is 5.91 Å². The fraction of sp³-hybridized carbons (Fsp3) is 0.500. The molecule has 1 aliphatic carbocycles. The predicted octanol–water partition coefficient (Wildman–Crippen LogP) is 2.11. The molecular formula is C14H21Cl2N5O. The SMILES string of the molecule is Cc1[nH]nc2ncc(C(=O)NC3(CN)CCCC3)cc12.Cl.Cl. The second-order valence-electron chi connectivity index (χ2n) is 5.59. The van der Waals surface area contributed by atoms with E-state index in [9.17, 15) is 4.79 Å². The molecule has 1 aliphatic rings. The molecule has 0 aliphatic heterocycles. The monoisotopic (exact) mass is 345 g/mol. The molecule has 2 aromatic heterocycles. The first kappa shape index (κ1) is 18.7. The minimum absolute atomic E-state index is 0. The maximum atomic E-state index is 12.4. The van der Waals surface area contributed by atoms with Crippen LogP contribution in [0.15, 0.2) is 12.3 Å². The minimum atomic E-state index is -0.239. The van der Waals surface area contributed by atoms with E-state index in [4.69, 9.17) is 5.73 Å². The third-order valence-electron chi connectivity index (χ3n) is 4.19. The molecule has 6 nitrogen and oxygen atoms in total. The molecular weight excluding hydrogens is 325 g/mol. The quantitative estimate of drug-likeness (QED) is 0.793. The van der Waals surface area contributed by atoms with Gasteiger partial charge in [0.05, 0.1) is 11.1 Å². The number of hydrogen-bond donors (Lipinski definition) is 3. The summed E-state index contributed by atoms with van der Waals surface area (Å²) in [6, 6.07) is 1.83. The van der Waals surface area contributed by atoms with Crippen molar-refractivity contribution in [1.29, 1.82) is 0 Å². The number of H-pyrrole nitrogens is 1. The second-order valence-corrected chi connectivity index (χ2v) is 5.59. The number of aromatic nitrogens is 3.